The van der Waals surface area contributed by atoms with Gasteiger partial charge in [-0.25, -0.2) is 0 Å². The van der Waals surface area contributed by atoms with E-state index >= 15 is 0 Å². The Bertz CT molecular complexity index is 628. The van der Waals surface area contributed by atoms with Gasteiger partial charge in [0.2, 0.25) is 0 Å². The fourth-order valence-electron chi connectivity index (χ4n) is 1.56. The summed E-state index contributed by atoms with van der Waals surface area (Å²) in [6.07, 6.45) is 3.48. The molecule has 1 aliphatic rings. The van der Waals surface area contributed by atoms with Crippen LogP contribution in [0.5, 0.6) is 0 Å². The molecule has 1 amide bonds. The third-order valence-corrected chi connectivity index (χ3v) is 4.19. The average Bonchev–Trinajstić information content (AvgIpc) is 3.11. The fraction of sp³-hybridized carbons (Fsp3) is 0.0769. The molecule has 0 spiro atoms. The van der Waals surface area contributed by atoms with Crippen LogP contribution < -0.4 is 5.32 Å². The predicted molar refractivity (Wildman–Crippen MR) is 77.9 cm³/mol. The Hall–Kier alpha value is -1.79. The first kappa shape index (κ1) is 12.3. The molecule has 3 rings (SSSR count). The van der Waals surface area contributed by atoms with Crippen molar-refractivity contribution in [2.45, 2.75) is 6.54 Å². The molecule has 4 nitrogen and oxygen atoms in total. The van der Waals surface area contributed by atoms with Crippen molar-refractivity contribution < 1.29 is 9.21 Å². The van der Waals surface area contributed by atoms with Crippen molar-refractivity contribution in [2.75, 3.05) is 0 Å². The maximum Gasteiger partial charge on any atom is 0.264 e. The van der Waals surface area contributed by atoms with Gasteiger partial charge in [-0.15, -0.1) is 11.3 Å². The summed E-state index contributed by atoms with van der Waals surface area (Å²) in [5, 5.41) is 5.34. The van der Waals surface area contributed by atoms with Crippen LogP contribution in [0.1, 0.15) is 10.6 Å². The number of hydrogen-bond donors (Lipinski definition) is 1. The van der Waals surface area contributed by atoms with Crippen LogP contribution in [0.3, 0.4) is 0 Å². The minimum atomic E-state index is -0.100. The quantitative estimate of drug-likeness (QED) is 0.884. The monoisotopic (exact) mass is 290 g/mol. The maximum atomic E-state index is 11.8. The molecule has 19 heavy (non-hydrogen) atoms. The molecule has 96 valence electrons. The Labute approximate surface area is 118 Å². The lowest BCUT2D eigenvalue weighted by Crippen LogP contribution is -2.19. The van der Waals surface area contributed by atoms with E-state index in [4.69, 9.17) is 4.42 Å². The van der Waals surface area contributed by atoms with Crippen molar-refractivity contribution in [1.29, 1.82) is 0 Å². The Morgan fingerprint density at radius 2 is 2.32 bits per heavy atom. The molecule has 0 saturated carbocycles. The van der Waals surface area contributed by atoms with E-state index < -0.39 is 0 Å². The average molecular weight is 290 g/mol. The molecule has 0 aromatic carbocycles. The maximum absolute atomic E-state index is 11.8. The van der Waals surface area contributed by atoms with Crippen molar-refractivity contribution in [3.05, 3.63) is 51.5 Å². The smallest absolute Gasteiger partial charge is 0.264 e. The van der Waals surface area contributed by atoms with Gasteiger partial charge in [0.15, 0.2) is 5.17 Å². The van der Waals surface area contributed by atoms with Crippen LogP contribution in [0.15, 0.2) is 50.2 Å². The van der Waals surface area contributed by atoms with Crippen molar-refractivity contribution in [2.24, 2.45) is 4.99 Å². The van der Waals surface area contributed by atoms with Crippen molar-refractivity contribution in [3.8, 4) is 0 Å². The molecule has 6 heteroatoms. The van der Waals surface area contributed by atoms with Gasteiger partial charge in [-0.3, -0.25) is 9.79 Å². The normalized spacial score (nSPS) is 19.3. The van der Waals surface area contributed by atoms with Crippen LogP contribution in [0.4, 0.5) is 0 Å². The molecule has 0 aliphatic carbocycles. The van der Waals surface area contributed by atoms with Crippen LogP contribution in [0.2, 0.25) is 0 Å². The third kappa shape index (κ3) is 2.97. The first-order valence-corrected chi connectivity index (χ1v) is 7.32. The zero-order valence-corrected chi connectivity index (χ0v) is 11.5. The Kier molecular flexibility index (Phi) is 3.52. The number of thioether (sulfide) groups is 1. The van der Waals surface area contributed by atoms with E-state index in [0.717, 1.165) is 10.6 Å². The van der Waals surface area contributed by atoms with E-state index in [2.05, 4.69) is 10.3 Å². The van der Waals surface area contributed by atoms with Crippen LogP contribution >= 0.6 is 23.1 Å². The van der Waals surface area contributed by atoms with Gasteiger partial charge in [-0.2, -0.15) is 0 Å². The van der Waals surface area contributed by atoms with Crippen LogP contribution in [-0.4, -0.2) is 11.1 Å². The molecule has 0 atom stereocenters. The lowest BCUT2D eigenvalue weighted by molar-refractivity contribution is -0.115. The van der Waals surface area contributed by atoms with E-state index in [1.54, 1.807) is 17.6 Å². The minimum Gasteiger partial charge on any atom is -0.467 e. The molecule has 1 saturated heterocycles. The van der Waals surface area contributed by atoms with Crippen molar-refractivity contribution in [1.82, 2.24) is 5.32 Å². The molecule has 0 unspecified atom stereocenters. The van der Waals surface area contributed by atoms with Crippen molar-refractivity contribution in [3.63, 3.8) is 0 Å². The number of furan rings is 1. The predicted octanol–water partition coefficient (Wildman–Crippen LogP) is 3.10. The lowest BCUT2D eigenvalue weighted by atomic mass is 10.4. The zero-order chi connectivity index (χ0) is 13.1. The highest BCUT2D eigenvalue weighted by Crippen LogP contribution is 2.27. The number of amidine groups is 1. The van der Waals surface area contributed by atoms with E-state index in [-0.39, 0.29) is 5.91 Å². The Morgan fingerprint density at radius 3 is 3.05 bits per heavy atom. The standard InChI is InChI=1S/C13H10N2O2S2/c16-12-11(7-10-4-2-6-18-10)19-13(15-12)14-8-9-3-1-5-17-9/h1-7H,8H2,(H,14,15,16)/b11-7-. The molecule has 1 N–H and O–H groups in total. The number of hydrogen-bond acceptors (Lipinski definition) is 5. The largest absolute Gasteiger partial charge is 0.467 e. The van der Waals surface area contributed by atoms with Gasteiger partial charge in [0.05, 0.1) is 17.7 Å². The van der Waals surface area contributed by atoms with Gasteiger partial charge in [0, 0.05) is 4.88 Å². The van der Waals surface area contributed by atoms with Gasteiger partial charge < -0.3 is 9.73 Å². The van der Waals surface area contributed by atoms with E-state index in [0.29, 0.717) is 16.6 Å². The number of nitrogens with zero attached hydrogens (tertiary/aromatic N) is 1. The van der Waals surface area contributed by atoms with Crippen LogP contribution in [0.25, 0.3) is 6.08 Å². The number of carbonyl (C=O) groups excluding carboxylic acids is 1. The van der Waals surface area contributed by atoms with E-state index in [1.165, 1.54) is 11.8 Å². The summed E-state index contributed by atoms with van der Waals surface area (Å²) in [6.45, 7) is 0.432. The number of amides is 1. The minimum absolute atomic E-state index is 0.100. The summed E-state index contributed by atoms with van der Waals surface area (Å²) in [5.41, 5.74) is 0. The number of carbonyl (C=O) groups is 1. The first-order valence-electron chi connectivity index (χ1n) is 5.62. The summed E-state index contributed by atoms with van der Waals surface area (Å²) < 4.78 is 5.19. The van der Waals surface area contributed by atoms with Crippen molar-refractivity contribution >= 4 is 40.2 Å². The molecule has 0 radical (unpaired) electrons. The molecule has 1 aliphatic heterocycles. The highest BCUT2D eigenvalue weighted by molar-refractivity contribution is 8.18. The summed E-state index contributed by atoms with van der Waals surface area (Å²) in [7, 11) is 0. The van der Waals surface area contributed by atoms with E-state index in [1.807, 2.05) is 35.7 Å². The zero-order valence-electron chi connectivity index (χ0n) is 9.83. The second-order valence-corrected chi connectivity index (χ2v) is 5.79. The van der Waals surface area contributed by atoms with E-state index in [9.17, 15) is 4.79 Å². The molecular formula is C13H10N2O2S2. The van der Waals surface area contributed by atoms with Crippen LogP contribution in [0, 0.1) is 0 Å². The molecule has 2 aromatic heterocycles. The molecule has 3 heterocycles. The second kappa shape index (κ2) is 5.46. The highest BCUT2D eigenvalue weighted by Gasteiger charge is 2.23. The van der Waals surface area contributed by atoms with Crippen LogP contribution in [-0.2, 0) is 11.3 Å². The summed E-state index contributed by atoms with van der Waals surface area (Å²) in [6, 6.07) is 7.61. The van der Waals surface area contributed by atoms with Gasteiger partial charge in [-0.1, -0.05) is 6.07 Å². The second-order valence-electron chi connectivity index (χ2n) is 3.78. The lowest BCUT2D eigenvalue weighted by Gasteiger charge is -1.93. The third-order valence-electron chi connectivity index (χ3n) is 2.43. The molecule has 1 fully saturated rings. The van der Waals surface area contributed by atoms with Gasteiger partial charge in [0.25, 0.3) is 5.91 Å². The Morgan fingerprint density at radius 1 is 1.37 bits per heavy atom. The molecule has 0 bridgehead atoms. The number of rotatable bonds is 3. The number of thiophene rings is 1. The van der Waals surface area contributed by atoms with Gasteiger partial charge in [0.1, 0.15) is 5.76 Å². The number of aliphatic imine (C=N–C) groups is 1. The summed E-state index contributed by atoms with van der Waals surface area (Å²) in [5.74, 6) is 0.676. The fourth-order valence-corrected chi connectivity index (χ4v) is 3.10. The van der Waals surface area contributed by atoms with Gasteiger partial charge in [-0.05, 0) is 41.4 Å². The highest BCUT2D eigenvalue weighted by atomic mass is 32.2. The summed E-state index contributed by atoms with van der Waals surface area (Å²) >= 11 is 2.95. The van der Waals surface area contributed by atoms with Gasteiger partial charge >= 0.3 is 0 Å². The Balaban J connectivity index is 1.71. The number of nitrogens with one attached hydrogen (secondary N) is 1. The molecular weight excluding hydrogens is 280 g/mol. The first-order chi connectivity index (χ1) is 9.31. The molecule has 2 aromatic rings. The SMILES string of the molecule is O=C1NC(=NCc2ccco2)S/C1=C\c1cccs1. The summed E-state index contributed by atoms with van der Waals surface area (Å²) in [4.78, 5) is 17.8. The topological polar surface area (TPSA) is 54.6 Å².